The Hall–Kier alpha value is -4.37. The van der Waals surface area contributed by atoms with Crippen molar-refractivity contribution in [2.24, 2.45) is 0 Å². The Morgan fingerprint density at radius 3 is 1.44 bits per heavy atom. The van der Waals surface area contributed by atoms with Crippen LogP contribution in [0.2, 0.25) is 0 Å². The lowest BCUT2D eigenvalue weighted by atomic mass is 10.2. The highest BCUT2D eigenvalue weighted by Crippen LogP contribution is 2.56. The number of aromatic nitrogens is 1. The minimum atomic E-state index is -2.51. The number of rotatable bonds is 7. The average Bonchev–Trinajstić information content (AvgIpc) is 3.44. The van der Waals surface area contributed by atoms with E-state index >= 15 is 0 Å². The van der Waals surface area contributed by atoms with Gasteiger partial charge in [-0.25, -0.2) is 0 Å². The Bertz CT molecular complexity index is 1580. The molecule has 0 atom stereocenters. The van der Waals surface area contributed by atoms with E-state index in [1.54, 1.807) is 0 Å². The molecule has 1 amide bonds. The number of hydrogen-bond acceptors (Lipinski definition) is 3. The minimum Gasteiger partial charge on any atom is -0.309 e. The third kappa shape index (κ3) is 4.81. The first kappa shape index (κ1) is 24.9. The van der Waals surface area contributed by atoms with Crippen LogP contribution < -0.4 is 26.7 Å². The van der Waals surface area contributed by atoms with Gasteiger partial charge in [-0.2, -0.15) is 4.98 Å². The SMILES string of the molecule is O=C(Nc1sc(-c2ccccc2)nc1[P+](c1ccccc1)(c1ccccc1)c1ccccc1)c1ccccc1. The average molecular weight is 542 g/mol. The maximum Gasteiger partial charge on any atom is 0.256 e. The molecule has 0 unspecified atom stereocenters. The lowest BCUT2D eigenvalue weighted by Crippen LogP contribution is -2.40. The standard InChI is InChI=1S/C34H25N2OPS/c37-31(26-16-6-1-7-17-26)35-34-32(36-33(39-34)27-18-8-2-9-19-27)38(28-20-10-3-11-21-28,29-22-12-4-13-23-29)30-24-14-5-15-25-30/h1-25H/p+1. The lowest BCUT2D eigenvalue weighted by Gasteiger charge is -2.26. The molecule has 1 N–H and O–H groups in total. The van der Waals surface area contributed by atoms with Crippen molar-refractivity contribution in [3.8, 4) is 10.6 Å². The van der Waals surface area contributed by atoms with E-state index in [9.17, 15) is 4.79 Å². The second-order valence-electron chi connectivity index (χ2n) is 9.04. The molecule has 0 spiro atoms. The van der Waals surface area contributed by atoms with Crippen LogP contribution in [0.5, 0.6) is 0 Å². The largest absolute Gasteiger partial charge is 0.309 e. The van der Waals surface area contributed by atoms with Gasteiger partial charge in [0.2, 0.25) is 5.44 Å². The number of anilines is 1. The van der Waals surface area contributed by atoms with Gasteiger partial charge in [0.15, 0.2) is 12.3 Å². The molecule has 0 aliphatic rings. The number of thiazole rings is 1. The number of nitrogens with one attached hydrogen (secondary N) is 1. The molecule has 5 aromatic carbocycles. The zero-order valence-corrected chi connectivity index (χ0v) is 22.9. The summed E-state index contributed by atoms with van der Waals surface area (Å²) in [4.78, 5) is 18.9. The van der Waals surface area contributed by atoms with Crippen LogP contribution in [0, 0.1) is 0 Å². The molecule has 5 heteroatoms. The van der Waals surface area contributed by atoms with E-state index < -0.39 is 7.26 Å². The third-order valence-electron chi connectivity index (χ3n) is 6.64. The molecule has 6 rings (SSSR count). The molecular weight excluding hydrogens is 515 g/mol. The third-order valence-corrected chi connectivity index (χ3v) is 12.0. The van der Waals surface area contributed by atoms with Crippen molar-refractivity contribution in [2.75, 3.05) is 5.32 Å². The fourth-order valence-electron chi connectivity index (χ4n) is 4.86. The van der Waals surface area contributed by atoms with E-state index in [0.29, 0.717) is 5.56 Å². The summed E-state index contributed by atoms with van der Waals surface area (Å²) in [5.74, 6) is -0.146. The van der Waals surface area contributed by atoms with E-state index in [1.165, 1.54) is 27.3 Å². The molecule has 0 aliphatic heterocycles. The summed E-state index contributed by atoms with van der Waals surface area (Å²) in [6, 6.07) is 51.3. The van der Waals surface area contributed by atoms with Gasteiger partial charge in [0.05, 0.1) is 0 Å². The molecule has 0 saturated heterocycles. The highest BCUT2D eigenvalue weighted by atomic mass is 32.1. The Labute approximate surface area is 233 Å². The molecule has 0 aliphatic carbocycles. The van der Waals surface area contributed by atoms with Gasteiger partial charge in [-0.15, -0.1) is 0 Å². The van der Waals surface area contributed by atoms with E-state index in [2.05, 4.69) is 90.2 Å². The lowest BCUT2D eigenvalue weighted by molar-refractivity contribution is 0.102. The number of amides is 1. The summed E-state index contributed by atoms with van der Waals surface area (Å²) in [5.41, 5.74) is 2.54. The Morgan fingerprint density at radius 2 is 0.974 bits per heavy atom. The summed E-state index contributed by atoms with van der Waals surface area (Å²) < 4.78 is 0. The molecule has 1 aromatic heterocycles. The van der Waals surface area contributed by atoms with Crippen molar-refractivity contribution in [1.29, 1.82) is 0 Å². The van der Waals surface area contributed by atoms with Crippen LogP contribution in [0.25, 0.3) is 10.6 Å². The second kappa shape index (κ2) is 11.2. The normalized spacial score (nSPS) is 11.2. The van der Waals surface area contributed by atoms with Crippen LogP contribution in [0.4, 0.5) is 5.00 Å². The van der Waals surface area contributed by atoms with Gasteiger partial charge in [-0.05, 0) is 48.5 Å². The van der Waals surface area contributed by atoms with Crippen LogP contribution >= 0.6 is 18.6 Å². The second-order valence-corrected chi connectivity index (χ2v) is 13.3. The Morgan fingerprint density at radius 1 is 0.564 bits per heavy atom. The highest BCUT2D eigenvalue weighted by Gasteiger charge is 2.52. The van der Waals surface area contributed by atoms with Crippen molar-refractivity contribution in [2.45, 2.75) is 0 Å². The summed E-state index contributed by atoms with van der Waals surface area (Å²) in [5, 5.41) is 8.47. The number of benzene rings is 5. The van der Waals surface area contributed by atoms with Gasteiger partial charge in [0.25, 0.3) is 5.91 Å². The van der Waals surface area contributed by atoms with Gasteiger partial charge in [-0.3, -0.25) is 4.79 Å². The van der Waals surface area contributed by atoms with Crippen molar-refractivity contribution in [1.82, 2.24) is 4.98 Å². The summed E-state index contributed by atoms with van der Waals surface area (Å²) >= 11 is 1.53. The monoisotopic (exact) mass is 541 g/mol. The van der Waals surface area contributed by atoms with Crippen molar-refractivity contribution in [3.05, 3.63) is 157 Å². The van der Waals surface area contributed by atoms with Crippen molar-refractivity contribution < 1.29 is 4.79 Å². The van der Waals surface area contributed by atoms with E-state index in [0.717, 1.165) is 21.0 Å². The summed E-state index contributed by atoms with van der Waals surface area (Å²) in [7, 11) is -2.51. The summed E-state index contributed by atoms with van der Waals surface area (Å²) in [6.45, 7) is 0. The molecule has 188 valence electrons. The van der Waals surface area contributed by atoms with Crippen molar-refractivity contribution >= 4 is 50.9 Å². The van der Waals surface area contributed by atoms with E-state index in [-0.39, 0.29) is 5.91 Å². The zero-order valence-electron chi connectivity index (χ0n) is 21.1. The topological polar surface area (TPSA) is 42.0 Å². The predicted molar refractivity (Wildman–Crippen MR) is 167 cm³/mol. The first-order valence-corrected chi connectivity index (χ1v) is 15.4. The van der Waals surface area contributed by atoms with E-state index in [1.807, 2.05) is 66.7 Å². The number of carbonyl (C=O) groups excluding carboxylic acids is 1. The maximum atomic E-state index is 13.5. The first-order chi connectivity index (χ1) is 19.3. The van der Waals surface area contributed by atoms with E-state index in [4.69, 9.17) is 4.98 Å². The number of carbonyl (C=O) groups is 1. The van der Waals surface area contributed by atoms with Crippen LogP contribution in [0.3, 0.4) is 0 Å². The smallest absolute Gasteiger partial charge is 0.256 e. The molecule has 39 heavy (non-hydrogen) atoms. The molecule has 0 bridgehead atoms. The fraction of sp³-hybridized carbons (Fsp3) is 0. The quantitative estimate of drug-likeness (QED) is 0.229. The number of hydrogen-bond donors (Lipinski definition) is 1. The Kier molecular flexibility index (Phi) is 7.14. The molecule has 3 nitrogen and oxygen atoms in total. The maximum absolute atomic E-state index is 13.5. The Balaban J connectivity index is 1.66. The summed E-state index contributed by atoms with van der Waals surface area (Å²) in [6.07, 6.45) is 0. The van der Waals surface area contributed by atoms with Crippen LogP contribution in [0.15, 0.2) is 152 Å². The van der Waals surface area contributed by atoms with Gasteiger partial charge in [-0.1, -0.05) is 114 Å². The highest BCUT2D eigenvalue weighted by molar-refractivity contribution is 8.01. The van der Waals surface area contributed by atoms with Gasteiger partial charge < -0.3 is 5.32 Å². The van der Waals surface area contributed by atoms with Gasteiger partial charge >= 0.3 is 0 Å². The molecule has 0 radical (unpaired) electrons. The van der Waals surface area contributed by atoms with Gasteiger partial charge in [0.1, 0.15) is 20.9 Å². The molecule has 1 heterocycles. The molecule has 6 aromatic rings. The minimum absolute atomic E-state index is 0.146. The molecule has 0 fully saturated rings. The van der Waals surface area contributed by atoms with Crippen molar-refractivity contribution in [3.63, 3.8) is 0 Å². The predicted octanol–water partition coefficient (Wildman–Crippen LogP) is 6.68. The van der Waals surface area contributed by atoms with Crippen LogP contribution in [-0.2, 0) is 0 Å². The zero-order chi connectivity index (χ0) is 26.5. The fourth-order valence-corrected chi connectivity index (χ4v) is 10.4. The molecule has 0 saturated carbocycles. The van der Waals surface area contributed by atoms with Gasteiger partial charge in [0, 0.05) is 11.1 Å². The number of nitrogens with zero attached hydrogens (tertiary/aromatic N) is 1. The first-order valence-electron chi connectivity index (χ1n) is 12.8. The molecular formula is C34H26N2OPS+. The van der Waals surface area contributed by atoms with Crippen LogP contribution in [-0.4, -0.2) is 10.9 Å². The van der Waals surface area contributed by atoms with Crippen LogP contribution in [0.1, 0.15) is 10.4 Å².